The zero-order valence-corrected chi connectivity index (χ0v) is 15.4. The summed E-state index contributed by atoms with van der Waals surface area (Å²) in [5.74, 6) is -1.34. The predicted octanol–water partition coefficient (Wildman–Crippen LogP) is 3.66. The summed E-state index contributed by atoms with van der Waals surface area (Å²) in [7, 11) is 0. The molecule has 0 amide bonds. The monoisotopic (exact) mass is 333 g/mol. The second-order valence-corrected chi connectivity index (χ2v) is 5.12. The van der Waals surface area contributed by atoms with Crippen molar-refractivity contribution >= 4 is 29.3 Å². The van der Waals surface area contributed by atoms with Gasteiger partial charge in [0.05, 0.1) is 0 Å². The van der Waals surface area contributed by atoms with Crippen molar-refractivity contribution in [1.82, 2.24) is 0 Å². The van der Waals surface area contributed by atoms with Gasteiger partial charge in [-0.15, -0.1) is 0 Å². The Morgan fingerprint density at radius 2 is 0.909 bits per heavy atom. The first kappa shape index (κ1) is 29.4. The molecule has 22 heavy (non-hydrogen) atoms. The van der Waals surface area contributed by atoms with Crippen LogP contribution in [0.5, 0.6) is 0 Å². The second-order valence-electron chi connectivity index (χ2n) is 5.12. The van der Waals surface area contributed by atoms with Crippen LogP contribution < -0.4 is 0 Å². The highest BCUT2D eigenvalue weighted by Crippen LogP contribution is 2.04. The molecule has 0 bridgehead atoms. The number of unbranched alkanes of at least 4 members (excludes halogenated alkanes) is 8. The molecule has 0 aromatic rings. The minimum absolute atomic E-state index is 0. The molecule has 4 N–H and O–H groups in total. The van der Waals surface area contributed by atoms with E-state index < -0.39 is 11.9 Å². The number of carbonyl (C=O) groups is 2. The van der Waals surface area contributed by atoms with E-state index >= 15 is 0 Å². The third-order valence-corrected chi connectivity index (χ3v) is 2.99. The van der Waals surface area contributed by atoms with Crippen LogP contribution in [0.25, 0.3) is 0 Å². The Kier molecular flexibility index (Phi) is 34.0. The van der Waals surface area contributed by atoms with E-state index in [1.165, 1.54) is 38.5 Å². The number of hydrogen-bond acceptors (Lipinski definition) is 2. The zero-order chi connectivity index (χ0) is 15.6. The van der Waals surface area contributed by atoms with E-state index in [0.29, 0.717) is 12.8 Å². The third kappa shape index (κ3) is 36.6. The molecule has 0 aromatic carbocycles. The van der Waals surface area contributed by atoms with Crippen molar-refractivity contribution in [2.24, 2.45) is 0 Å². The van der Waals surface area contributed by atoms with Crippen LogP contribution in [0, 0.1) is 0 Å². The molecular weight excluding hydrogens is 299 g/mol. The maximum absolute atomic E-state index is 10.0. The molecule has 0 aliphatic rings. The van der Waals surface area contributed by atoms with Gasteiger partial charge in [0.25, 0.3) is 0 Å². The molecule has 6 heteroatoms. The molecule has 0 aromatic heterocycles. The van der Waals surface area contributed by atoms with Crippen molar-refractivity contribution < 1.29 is 25.3 Å². The molecule has 0 atom stereocenters. The standard InChI is InChI=1S/2C8H16O2.Al.H2O/c2*1-2-3-4-5-6-7-8(9)10;;/h2*2-7H2,1H3,(H,9,10);;1H2. The highest BCUT2D eigenvalue weighted by molar-refractivity contribution is 5.75. The Hall–Kier alpha value is -0.568. The van der Waals surface area contributed by atoms with Gasteiger partial charge in [-0.05, 0) is 12.8 Å². The smallest absolute Gasteiger partial charge is 0.303 e. The summed E-state index contributed by atoms with van der Waals surface area (Å²) in [5, 5.41) is 16.5. The van der Waals surface area contributed by atoms with Crippen molar-refractivity contribution in [2.75, 3.05) is 0 Å². The Morgan fingerprint density at radius 1 is 0.636 bits per heavy atom. The van der Waals surface area contributed by atoms with Crippen molar-refractivity contribution in [3.8, 4) is 0 Å². The molecule has 131 valence electrons. The Morgan fingerprint density at radius 3 is 1.14 bits per heavy atom. The fraction of sp³-hybridized carbons (Fsp3) is 0.875. The zero-order valence-electron chi connectivity index (χ0n) is 14.3. The quantitative estimate of drug-likeness (QED) is 0.420. The van der Waals surface area contributed by atoms with E-state index in [1.54, 1.807) is 0 Å². The second kappa shape index (κ2) is 25.4. The van der Waals surface area contributed by atoms with Gasteiger partial charge in [-0.25, -0.2) is 0 Å². The number of carboxylic acid groups (broad SMARTS) is 2. The van der Waals surface area contributed by atoms with E-state index in [1.807, 2.05) is 0 Å². The summed E-state index contributed by atoms with van der Waals surface area (Å²) >= 11 is 0. The minimum Gasteiger partial charge on any atom is -0.481 e. The summed E-state index contributed by atoms with van der Waals surface area (Å²) in [6, 6.07) is 0. The van der Waals surface area contributed by atoms with Gasteiger partial charge in [-0.2, -0.15) is 0 Å². The van der Waals surface area contributed by atoms with Gasteiger partial charge in [-0.1, -0.05) is 65.2 Å². The van der Waals surface area contributed by atoms with Crippen LogP contribution in [0.2, 0.25) is 0 Å². The van der Waals surface area contributed by atoms with Gasteiger partial charge >= 0.3 is 11.9 Å². The summed E-state index contributed by atoms with van der Waals surface area (Å²) in [6.45, 7) is 4.30. The molecule has 0 saturated heterocycles. The molecule has 0 saturated carbocycles. The lowest BCUT2D eigenvalue weighted by atomic mass is 10.1. The van der Waals surface area contributed by atoms with E-state index in [4.69, 9.17) is 10.2 Å². The van der Waals surface area contributed by atoms with Crippen LogP contribution >= 0.6 is 0 Å². The van der Waals surface area contributed by atoms with Gasteiger partial charge in [0.2, 0.25) is 0 Å². The molecule has 0 fully saturated rings. The summed E-state index contributed by atoms with van der Waals surface area (Å²) in [6.07, 6.45) is 11.8. The van der Waals surface area contributed by atoms with Crippen LogP contribution in [0.1, 0.15) is 90.9 Å². The molecule has 5 nitrogen and oxygen atoms in total. The van der Waals surface area contributed by atoms with Crippen molar-refractivity contribution in [3.63, 3.8) is 0 Å². The van der Waals surface area contributed by atoms with Gasteiger partial charge in [0.1, 0.15) is 0 Å². The van der Waals surface area contributed by atoms with Crippen LogP contribution in [0.3, 0.4) is 0 Å². The van der Waals surface area contributed by atoms with Gasteiger partial charge in [0, 0.05) is 30.2 Å². The highest BCUT2D eigenvalue weighted by atomic mass is 27.0. The topological polar surface area (TPSA) is 106 Å². The average Bonchev–Trinajstić information content (AvgIpc) is 2.38. The van der Waals surface area contributed by atoms with Crippen molar-refractivity contribution in [3.05, 3.63) is 0 Å². The Bertz CT molecular complexity index is 211. The number of carboxylic acids is 2. The number of hydrogen-bond donors (Lipinski definition) is 2. The van der Waals surface area contributed by atoms with Crippen molar-refractivity contribution in [2.45, 2.75) is 90.9 Å². The number of aliphatic carboxylic acids is 2. The van der Waals surface area contributed by atoms with Crippen LogP contribution in [-0.2, 0) is 9.59 Å². The van der Waals surface area contributed by atoms with Gasteiger partial charge in [0.15, 0.2) is 0 Å². The molecule has 3 radical (unpaired) electrons. The van der Waals surface area contributed by atoms with Crippen LogP contribution in [0.15, 0.2) is 0 Å². The molecule has 0 aliphatic carbocycles. The lowest BCUT2D eigenvalue weighted by Gasteiger charge is -1.95. The number of rotatable bonds is 12. The third-order valence-electron chi connectivity index (χ3n) is 2.99. The molecule has 0 heterocycles. The molecular formula is C16H34AlO5. The molecule has 0 rings (SSSR count). The maximum atomic E-state index is 10.0. The van der Waals surface area contributed by atoms with E-state index in [-0.39, 0.29) is 22.8 Å². The van der Waals surface area contributed by atoms with E-state index in [9.17, 15) is 9.59 Å². The summed E-state index contributed by atoms with van der Waals surface area (Å²) in [5.41, 5.74) is 0. The van der Waals surface area contributed by atoms with Crippen LogP contribution in [-0.4, -0.2) is 45.0 Å². The summed E-state index contributed by atoms with van der Waals surface area (Å²) in [4.78, 5) is 20.1. The predicted molar refractivity (Wildman–Crippen MR) is 91.4 cm³/mol. The molecule has 0 unspecified atom stereocenters. The fourth-order valence-corrected chi connectivity index (χ4v) is 1.76. The Balaban J connectivity index is -0.000000135. The lowest BCUT2D eigenvalue weighted by molar-refractivity contribution is -0.138. The molecule has 0 spiro atoms. The first-order valence-corrected chi connectivity index (χ1v) is 7.98. The average molecular weight is 333 g/mol. The summed E-state index contributed by atoms with van der Waals surface area (Å²) < 4.78 is 0. The largest absolute Gasteiger partial charge is 0.481 e. The Labute approximate surface area is 145 Å². The van der Waals surface area contributed by atoms with Gasteiger partial charge < -0.3 is 15.7 Å². The minimum atomic E-state index is -0.670. The molecule has 0 aliphatic heterocycles. The van der Waals surface area contributed by atoms with Crippen molar-refractivity contribution in [1.29, 1.82) is 0 Å². The highest BCUT2D eigenvalue weighted by Gasteiger charge is 1.95. The van der Waals surface area contributed by atoms with E-state index in [2.05, 4.69) is 13.8 Å². The lowest BCUT2D eigenvalue weighted by Crippen LogP contribution is -1.93. The van der Waals surface area contributed by atoms with Crippen LogP contribution in [0.4, 0.5) is 0 Å². The fourth-order valence-electron chi connectivity index (χ4n) is 1.76. The van der Waals surface area contributed by atoms with Gasteiger partial charge in [-0.3, -0.25) is 9.59 Å². The first-order valence-electron chi connectivity index (χ1n) is 7.98. The SMILES string of the molecule is CCCCCCCC(=O)O.CCCCCCCC(=O)O.O.[Al]. The normalized spacial score (nSPS) is 8.82. The first-order chi connectivity index (χ1) is 9.54. The van der Waals surface area contributed by atoms with E-state index in [0.717, 1.165) is 25.7 Å². The maximum Gasteiger partial charge on any atom is 0.303 e.